The Labute approximate surface area is 191 Å². The van der Waals surface area contributed by atoms with Gasteiger partial charge in [0.05, 0.1) is 26.5 Å². The number of aromatic nitrogens is 3. The molecule has 3 heterocycles. The zero-order valence-corrected chi connectivity index (χ0v) is 18.2. The second-order valence-electron chi connectivity index (χ2n) is 7.59. The molecule has 0 radical (unpaired) electrons. The van der Waals surface area contributed by atoms with Gasteiger partial charge in [0, 0.05) is 30.4 Å². The lowest BCUT2D eigenvalue weighted by Crippen LogP contribution is -2.36. The van der Waals surface area contributed by atoms with E-state index in [9.17, 15) is 4.79 Å². The van der Waals surface area contributed by atoms with Crippen molar-refractivity contribution in [1.29, 1.82) is 0 Å². The molecule has 1 N–H and O–H groups in total. The summed E-state index contributed by atoms with van der Waals surface area (Å²) in [4.78, 5) is 28.7. The zero-order chi connectivity index (χ0) is 22.6. The molecule has 166 valence electrons. The van der Waals surface area contributed by atoms with Crippen LogP contribution < -0.4 is 15.0 Å². The molecule has 1 amide bonds. The maximum atomic E-state index is 12.9. The van der Waals surface area contributed by atoms with Gasteiger partial charge in [-0.2, -0.15) is 0 Å². The second kappa shape index (κ2) is 9.22. The van der Waals surface area contributed by atoms with Crippen LogP contribution in [0, 0.1) is 0 Å². The Morgan fingerprint density at radius 3 is 2.64 bits per heavy atom. The van der Waals surface area contributed by atoms with Crippen LogP contribution in [0.2, 0.25) is 0 Å². The second-order valence-corrected chi connectivity index (χ2v) is 7.59. The van der Waals surface area contributed by atoms with Crippen molar-refractivity contribution in [3.05, 3.63) is 72.6 Å². The number of benzene rings is 2. The number of fused-ring (bicyclic) bond motifs is 1. The van der Waals surface area contributed by atoms with E-state index >= 15 is 0 Å². The summed E-state index contributed by atoms with van der Waals surface area (Å²) in [6, 6.07) is 17.3. The number of rotatable bonds is 5. The molecule has 0 aliphatic carbocycles. The minimum Gasteiger partial charge on any atom is -0.494 e. The van der Waals surface area contributed by atoms with E-state index in [2.05, 4.69) is 25.2 Å². The third kappa shape index (κ3) is 4.33. The van der Waals surface area contributed by atoms with Gasteiger partial charge in [-0.05, 0) is 29.8 Å². The van der Waals surface area contributed by atoms with Crippen LogP contribution in [0.4, 0.5) is 11.6 Å². The molecule has 1 saturated heterocycles. The van der Waals surface area contributed by atoms with E-state index in [4.69, 9.17) is 9.47 Å². The van der Waals surface area contributed by atoms with Gasteiger partial charge in [0.2, 0.25) is 0 Å². The molecule has 2 aromatic carbocycles. The van der Waals surface area contributed by atoms with Gasteiger partial charge in [-0.15, -0.1) is 0 Å². The number of hydrogen-bond donors (Lipinski definition) is 1. The third-order valence-electron chi connectivity index (χ3n) is 5.55. The number of ether oxygens (including phenoxy) is 2. The van der Waals surface area contributed by atoms with Crippen molar-refractivity contribution >= 4 is 28.6 Å². The van der Waals surface area contributed by atoms with E-state index in [1.54, 1.807) is 31.6 Å². The first-order valence-corrected chi connectivity index (χ1v) is 10.7. The predicted octanol–water partition coefficient (Wildman–Crippen LogP) is 3.79. The topological polar surface area (TPSA) is 89.5 Å². The Balaban J connectivity index is 1.44. The van der Waals surface area contributed by atoms with E-state index in [0.717, 1.165) is 30.0 Å². The van der Waals surface area contributed by atoms with Crippen LogP contribution in [0.15, 0.2) is 67.0 Å². The number of carbonyl (C=O) groups is 1. The van der Waals surface area contributed by atoms with Crippen LogP contribution in [0.1, 0.15) is 10.4 Å². The van der Waals surface area contributed by atoms with Crippen molar-refractivity contribution in [3.63, 3.8) is 0 Å². The van der Waals surface area contributed by atoms with Crippen LogP contribution in [0.5, 0.6) is 5.75 Å². The number of nitrogens with zero attached hydrogens (tertiary/aromatic N) is 4. The highest BCUT2D eigenvalue weighted by molar-refractivity contribution is 6.05. The Morgan fingerprint density at radius 1 is 1.03 bits per heavy atom. The molecule has 1 aliphatic rings. The summed E-state index contributed by atoms with van der Waals surface area (Å²) < 4.78 is 10.9. The average Bonchev–Trinajstić information content (AvgIpc) is 2.89. The maximum absolute atomic E-state index is 12.9. The van der Waals surface area contributed by atoms with Gasteiger partial charge in [-0.25, -0.2) is 15.0 Å². The monoisotopic (exact) mass is 441 g/mol. The first-order valence-electron chi connectivity index (χ1n) is 10.7. The minimum absolute atomic E-state index is 0.279. The standard InChI is InChI=1S/C25H23N5O3/c1-32-20-8-7-19(17-5-3-2-4-6-17)23-24(20)28-21(16-27-23)29-25(31)18-9-10-26-22(15-18)30-11-13-33-14-12-30/h2-10,15-16H,11-14H2,1H3,(H,28,29,31). The van der Waals surface area contributed by atoms with Crippen LogP contribution in [0.3, 0.4) is 0 Å². The number of methoxy groups -OCH3 is 1. The fourth-order valence-corrected chi connectivity index (χ4v) is 3.86. The molecule has 0 bridgehead atoms. The molecule has 0 atom stereocenters. The lowest BCUT2D eigenvalue weighted by molar-refractivity contribution is 0.102. The fraction of sp³-hybridized carbons (Fsp3) is 0.200. The molecule has 2 aromatic heterocycles. The number of morpholine rings is 1. The van der Waals surface area contributed by atoms with Gasteiger partial charge in [0.1, 0.15) is 22.6 Å². The van der Waals surface area contributed by atoms with E-state index in [1.807, 2.05) is 42.5 Å². The largest absolute Gasteiger partial charge is 0.494 e. The van der Waals surface area contributed by atoms with E-state index in [-0.39, 0.29) is 5.91 Å². The van der Waals surface area contributed by atoms with Gasteiger partial charge in [-0.1, -0.05) is 30.3 Å². The number of hydrogen-bond acceptors (Lipinski definition) is 7. The summed E-state index contributed by atoms with van der Waals surface area (Å²) in [5, 5.41) is 2.85. The Bertz CT molecular complexity index is 1290. The molecule has 1 aliphatic heterocycles. The zero-order valence-electron chi connectivity index (χ0n) is 18.2. The average molecular weight is 441 g/mol. The molecule has 8 heteroatoms. The van der Waals surface area contributed by atoms with Crippen LogP contribution in [-0.2, 0) is 4.74 Å². The van der Waals surface area contributed by atoms with Gasteiger partial charge in [0.15, 0.2) is 5.82 Å². The van der Waals surface area contributed by atoms with Crippen molar-refractivity contribution in [1.82, 2.24) is 15.0 Å². The summed E-state index contributed by atoms with van der Waals surface area (Å²) in [5.74, 6) is 1.41. The van der Waals surface area contributed by atoms with Crippen molar-refractivity contribution in [2.45, 2.75) is 0 Å². The van der Waals surface area contributed by atoms with Crippen molar-refractivity contribution in [3.8, 4) is 16.9 Å². The maximum Gasteiger partial charge on any atom is 0.257 e. The third-order valence-corrected chi connectivity index (χ3v) is 5.55. The minimum atomic E-state index is -0.279. The summed E-state index contributed by atoms with van der Waals surface area (Å²) in [6.45, 7) is 2.80. The molecule has 5 rings (SSSR count). The lowest BCUT2D eigenvalue weighted by Gasteiger charge is -2.27. The molecule has 4 aromatic rings. The van der Waals surface area contributed by atoms with E-state index in [0.29, 0.717) is 41.4 Å². The fourth-order valence-electron chi connectivity index (χ4n) is 3.86. The summed E-state index contributed by atoms with van der Waals surface area (Å²) >= 11 is 0. The first-order chi connectivity index (χ1) is 16.2. The molecule has 0 unspecified atom stereocenters. The van der Waals surface area contributed by atoms with Crippen LogP contribution in [0.25, 0.3) is 22.2 Å². The Kier molecular flexibility index (Phi) is 5.82. The van der Waals surface area contributed by atoms with Gasteiger partial charge >= 0.3 is 0 Å². The summed E-state index contributed by atoms with van der Waals surface area (Å²) in [6.07, 6.45) is 3.21. The number of anilines is 2. The number of nitrogens with one attached hydrogen (secondary N) is 1. The number of pyridine rings is 1. The molecule has 0 spiro atoms. The normalized spacial score (nSPS) is 13.7. The van der Waals surface area contributed by atoms with Crippen LogP contribution >= 0.6 is 0 Å². The summed E-state index contributed by atoms with van der Waals surface area (Å²) in [7, 11) is 1.59. The molecule has 1 fully saturated rings. The molecule has 8 nitrogen and oxygen atoms in total. The van der Waals surface area contributed by atoms with E-state index < -0.39 is 0 Å². The van der Waals surface area contributed by atoms with Crippen molar-refractivity contribution < 1.29 is 14.3 Å². The van der Waals surface area contributed by atoms with Gasteiger partial charge in [0.25, 0.3) is 5.91 Å². The SMILES string of the molecule is COc1ccc(-c2ccccc2)c2ncc(NC(=O)c3ccnc(N4CCOCC4)c3)nc12. The number of carbonyl (C=O) groups excluding carboxylic acids is 1. The summed E-state index contributed by atoms with van der Waals surface area (Å²) in [5.41, 5.74) is 3.76. The van der Waals surface area contributed by atoms with Crippen molar-refractivity contribution in [2.24, 2.45) is 0 Å². The molecule has 0 saturated carbocycles. The van der Waals surface area contributed by atoms with Crippen molar-refractivity contribution in [2.75, 3.05) is 43.6 Å². The predicted molar refractivity (Wildman–Crippen MR) is 127 cm³/mol. The highest BCUT2D eigenvalue weighted by Crippen LogP contribution is 2.32. The first kappa shape index (κ1) is 20.8. The molecule has 33 heavy (non-hydrogen) atoms. The number of amides is 1. The molecular formula is C25H23N5O3. The molecular weight excluding hydrogens is 418 g/mol. The van der Waals surface area contributed by atoms with Gasteiger partial charge in [-0.3, -0.25) is 4.79 Å². The Hall–Kier alpha value is -4.04. The quantitative estimate of drug-likeness (QED) is 0.504. The highest BCUT2D eigenvalue weighted by Gasteiger charge is 2.16. The van der Waals surface area contributed by atoms with Crippen LogP contribution in [-0.4, -0.2) is 54.3 Å². The van der Waals surface area contributed by atoms with E-state index in [1.165, 1.54) is 0 Å². The lowest BCUT2D eigenvalue weighted by atomic mass is 10.0. The highest BCUT2D eigenvalue weighted by atomic mass is 16.5. The Morgan fingerprint density at radius 2 is 1.85 bits per heavy atom. The van der Waals surface area contributed by atoms with Gasteiger partial charge < -0.3 is 19.7 Å². The smallest absolute Gasteiger partial charge is 0.257 e.